The lowest BCUT2D eigenvalue weighted by Crippen LogP contribution is -2.54. The monoisotopic (exact) mass is 460 g/mol. The van der Waals surface area contributed by atoms with Crippen LogP contribution in [0.1, 0.15) is 35.1 Å². The van der Waals surface area contributed by atoms with E-state index in [1.165, 1.54) is 23.1 Å². The van der Waals surface area contributed by atoms with Crippen molar-refractivity contribution in [2.75, 3.05) is 16.8 Å². The highest BCUT2D eigenvalue weighted by atomic mass is 16.6. The zero-order valence-electron chi connectivity index (χ0n) is 19.1. The van der Waals surface area contributed by atoms with Crippen LogP contribution in [0, 0.1) is 42.7 Å². The van der Waals surface area contributed by atoms with Gasteiger partial charge in [-0.15, -0.1) is 0 Å². The van der Waals surface area contributed by atoms with Crippen molar-refractivity contribution in [3.63, 3.8) is 0 Å². The number of amides is 3. The summed E-state index contributed by atoms with van der Waals surface area (Å²) in [5.41, 5.74) is 2.91. The fourth-order valence-electron chi connectivity index (χ4n) is 6.90. The fourth-order valence-corrected chi connectivity index (χ4v) is 6.90. The summed E-state index contributed by atoms with van der Waals surface area (Å²) in [6.45, 7) is 6.20. The second-order valence-corrected chi connectivity index (χ2v) is 9.87. The summed E-state index contributed by atoms with van der Waals surface area (Å²) >= 11 is 0. The Bertz CT molecular complexity index is 1340. The predicted octanol–water partition coefficient (Wildman–Crippen LogP) is 2.95. The first-order valence-corrected chi connectivity index (χ1v) is 11.5. The van der Waals surface area contributed by atoms with Crippen molar-refractivity contribution in [1.29, 1.82) is 0 Å². The fraction of sp³-hybridized carbons (Fsp3) is 0.400. The highest BCUT2D eigenvalue weighted by Gasteiger charge is 2.74. The summed E-state index contributed by atoms with van der Waals surface area (Å²) in [5.74, 6) is -2.47. The van der Waals surface area contributed by atoms with E-state index in [9.17, 15) is 24.5 Å². The number of hydrogen-bond donors (Lipinski definition) is 1. The van der Waals surface area contributed by atoms with E-state index in [1.54, 1.807) is 6.92 Å². The summed E-state index contributed by atoms with van der Waals surface area (Å²) < 4.78 is 0. The first kappa shape index (κ1) is 21.0. The molecule has 1 N–H and O–H groups in total. The zero-order valence-corrected chi connectivity index (χ0v) is 19.1. The van der Waals surface area contributed by atoms with Crippen molar-refractivity contribution in [3.05, 3.63) is 62.7 Å². The van der Waals surface area contributed by atoms with E-state index in [1.807, 2.05) is 26.0 Å². The zero-order chi connectivity index (χ0) is 24.1. The molecule has 4 aliphatic rings. The summed E-state index contributed by atoms with van der Waals surface area (Å²) in [7, 11) is 0. The molecular formula is C25H24N4O5. The predicted molar refractivity (Wildman–Crippen MR) is 123 cm³/mol. The van der Waals surface area contributed by atoms with E-state index < -0.39 is 28.2 Å². The van der Waals surface area contributed by atoms with Crippen molar-refractivity contribution in [3.8, 4) is 0 Å². The molecule has 0 aromatic heterocycles. The van der Waals surface area contributed by atoms with Gasteiger partial charge in [0.25, 0.3) is 5.69 Å². The number of carbonyl (C=O) groups is 3. The van der Waals surface area contributed by atoms with Crippen molar-refractivity contribution in [2.45, 2.75) is 45.2 Å². The average molecular weight is 460 g/mol. The van der Waals surface area contributed by atoms with Gasteiger partial charge >= 0.3 is 0 Å². The van der Waals surface area contributed by atoms with Gasteiger partial charge in [0, 0.05) is 29.4 Å². The van der Waals surface area contributed by atoms with E-state index in [4.69, 9.17) is 0 Å². The van der Waals surface area contributed by atoms with Crippen LogP contribution in [0.25, 0.3) is 0 Å². The second-order valence-electron chi connectivity index (χ2n) is 9.87. The molecular weight excluding hydrogens is 436 g/mol. The molecule has 2 aromatic carbocycles. The molecule has 3 fully saturated rings. The molecule has 9 nitrogen and oxygen atoms in total. The second kappa shape index (κ2) is 6.73. The molecule has 1 spiro atoms. The van der Waals surface area contributed by atoms with Crippen LogP contribution < -0.4 is 10.2 Å². The van der Waals surface area contributed by atoms with Gasteiger partial charge in [-0.05, 0) is 57.4 Å². The maximum Gasteiger partial charge on any atom is 0.269 e. The summed E-state index contributed by atoms with van der Waals surface area (Å²) in [5, 5.41) is 14.2. The molecule has 174 valence electrons. The summed E-state index contributed by atoms with van der Waals surface area (Å²) in [4.78, 5) is 55.6. The molecule has 4 atom stereocenters. The van der Waals surface area contributed by atoms with E-state index in [2.05, 4.69) is 10.2 Å². The summed E-state index contributed by atoms with van der Waals surface area (Å²) in [6, 6.07) is 7.89. The SMILES string of the molecule is Cc1cc(C)c2c(c1)[C@@]1(C(=O)N2)[C@@H]2C(=O)N(c3ccc([N+](=O)[O-])cc3C)C(=O)[C@@H]2[C@H]2CCCN21. The number of nitro benzene ring substituents is 1. The molecule has 4 heterocycles. The van der Waals surface area contributed by atoms with E-state index in [-0.39, 0.29) is 23.5 Å². The van der Waals surface area contributed by atoms with Crippen LogP contribution in [-0.4, -0.2) is 40.1 Å². The number of carbonyl (C=O) groups excluding carboxylic acids is 3. The Morgan fingerprint density at radius 2 is 1.82 bits per heavy atom. The van der Waals surface area contributed by atoms with Gasteiger partial charge in [-0.25, -0.2) is 4.90 Å². The van der Waals surface area contributed by atoms with Crippen molar-refractivity contribution < 1.29 is 19.3 Å². The Hall–Kier alpha value is -3.59. The lowest BCUT2D eigenvalue weighted by molar-refractivity contribution is -0.384. The Balaban J connectivity index is 1.54. The average Bonchev–Trinajstić information content (AvgIpc) is 3.48. The number of hydrogen-bond acceptors (Lipinski definition) is 6. The first-order chi connectivity index (χ1) is 16.2. The molecule has 3 saturated heterocycles. The van der Waals surface area contributed by atoms with Crippen molar-refractivity contribution in [2.24, 2.45) is 11.8 Å². The summed E-state index contributed by atoms with van der Waals surface area (Å²) in [6.07, 6.45) is 1.59. The third-order valence-electron chi connectivity index (χ3n) is 8.08. The lowest BCUT2D eigenvalue weighted by atomic mass is 9.75. The Labute approximate surface area is 195 Å². The topological polar surface area (TPSA) is 113 Å². The number of nitrogens with one attached hydrogen (secondary N) is 1. The maximum absolute atomic E-state index is 14.1. The van der Waals surface area contributed by atoms with Gasteiger partial charge in [-0.3, -0.25) is 29.4 Å². The number of aryl methyl sites for hydroxylation is 3. The van der Waals surface area contributed by atoms with Gasteiger partial charge in [0.05, 0.1) is 22.4 Å². The molecule has 0 aliphatic carbocycles. The first-order valence-electron chi connectivity index (χ1n) is 11.5. The van der Waals surface area contributed by atoms with Crippen LogP contribution in [-0.2, 0) is 19.9 Å². The van der Waals surface area contributed by atoms with Gasteiger partial charge in [0.1, 0.15) is 5.54 Å². The van der Waals surface area contributed by atoms with Crippen LogP contribution >= 0.6 is 0 Å². The molecule has 9 heteroatoms. The van der Waals surface area contributed by atoms with E-state index in [0.29, 0.717) is 17.8 Å². The normalized spacial score (nSPS) is 29.6. The molecule has 0 unspecified atom stereocenters. The minimum absolute atomic E-state index is 0.103. The van der Waals surface area contributed by atoms with Crippen molar-refractivity contribution in [1.82, 2.24) is 4.90 Å². The third kappa shape index (κ3) is 2.34. The lowest BCUT2D eigenvalue weighted by Gasteiger charge is -2.37. The number of nitrogens with zero attached hydrogens (tertiary/aromatic N) is 3. The van der Waals surface area contributed by atoms with Gasteiger partial charge in [-0.1, -0.05) is 17.7 Å². The molecule has 4 aliphatic heterocycles. The van der Waals surface area contributed by atoms with Crippen LogP contribution in [0.2, 0.25) is 0 Å². The van der Waals surface area contributed by atoms with Gasteiger partial charge in [0.2, 0.25) is 17.7 Å². The maximum atomic E-state index is 14.1. The van der Waals surface area contributed by atoms with E-state index >= 15 is 0 Å². The van der Waals surface area contributed by atoms with Crippen LogP contribution in [0.15, 0.2) is 30.3 Å². The van der Waals surface area contributed by atoms with Crippen LogP contribution in [0.4, 0.5) is 17.1 Å². The number of fused-ring (bicyclic) bond motifs is 7. The van der Waals surface area contributed by atoms with Gasteiger partial charge in [0.15, 0.2) is 0 Å². The number of benzene rings is 2. The molecule has 34 heavy (non-hydrogen) atoms. The molecule has 0 bridgehead atoms. The third-order valence-corrected chi connectivity index (χ3v) is 8.08. The minimum Gasteiger partial charge on any atom is -0.324 e. The molecule has 0 saturated carbocycles. The number of non-ortho nitro benzene ring substituents is 1. The standard InChI is InChI=1S/C25H24N4O5/c1-12-9-14(3)21-16(10-12)25(24(32)26-21)20-19(18-5-4-8-27(18)25)22(30)28(23(20)31)17-7-6-15(29(33)34)11-13(17)2/h6-7,9-11,18-20H,4-5,8H2,1-3H3,(H,26,32)/t18-,19-,20+,25+/m1/s1. The Morgan fingerprint density at radius 1 is 1.06 bits per heavy atom. The molecule has 6 rings (SSSR count). The number of imide groups is 1. The highest BCUT2D eigenvalue weighted by Crippen LogP contribution is 2.61. The van der Waals surface area contributed by atoms with Crippen LogP contribution in [0.3, 0.4) is 0 Å². The van der Waals surface area contributed by atoms with Crippen molar-refractivity contribution >= 4 is 34.8 Å². The number of rotatable bonds is 2. The minimum atomic E-state index is -1.23. The number of anilines is 2. The quantitative estimate of drug-likeness (QED) is 0.419. The Morgan fingerprint density at radius 3 is 2.53 bits per heavy atom. The largest absolute Gasteiger partial charge is 0.324 e. The van der Waals surface area contributed by atoms with Gasteiger partial charge in [-0.2, -0.15) is 0 Å². The highest BCUT2D eigenvalue weighted by molar-refractivity contribution is 6.26. The smallest absolute Gasteiger partial charge is 0.269 e. The van der Waals surface area contributed by atoms with E-state index in [0.717, 1.165) is 35.2 Å². The Kier molecular flexibility index (Phi) is 4.15. The van der Waals surface area contributed by atoms with Crippen LogP contribution in [0.5, 0.6) is 0 Å². The number of nitro groups is 1. The molecule has 3 amide bonds. The molecule has 2 aromatic rings. The molecule has 0 radical (unpaired) electrons. The van der Waals surface area contributed by atoms with Gasteiger partial charge < -0.3 is 5.32 Å².